The fourth-order valence-corrected chi connectivity index (χ4v) is 13.6. The Balaban J connectivity index is 0.874. The SMILES string of the molecule is COC1[C@@H](OP(O)(=S)OC[C@H]2O[C@@H](n3cnc4c(=O)[nH]c(N)nc43)C(O)[C@H]2O)[C@@H](COP(=O)(O)OP(=O)(O)OP(=O)(O)OC[C@H]2O[C@@H]([n+]3cn(C)c4c(=O)[nH]c(N)nc43)C(O)[C@H]2OC)O[C@H]1n1cnc2c(N)nc(N)nc21. The molecule has 77 heavy (non-hydrogen) atoms. The summed E-state index contributed by atoms with van der Waals surface area (Å²) >= 11 is 5.29. The molecule has 44 heteroatoms. The third-order valence-electron chi connectivity index (χ3n) is 11.9. The Morgan fingerprint density at radius 1 is 0.688 bits per heavy atom. The van der Waals surface area contributed by atoms with Gasteiger partial charge in [-0.1, -0.05) is 4.98 Å². The number of nitrogen functional groups attached to an aromatic ring is 4. The van der Waals surface area contributed by atoms with Gasteiger partial charge in [0.25, 0.3) is 17.1 Å². The lowest BCUT2D eigenvalue weighted by Crippen LogP contribution is -2.46. The van der Waals surface area contributed by atoms with Gasteiger partial charge < -0.3 is 86.0 Å². The van der Waals surface area contributed by atoms with Crippen molar-refractivity contribution in [2.45, 2.75) is 73.6 Å². The van der Waals surface area contributed by atoms with E-state index >= 15 is 0 Å². The van der Waals surface area contributed by atoms with Gasteiger partial charge in [-0.15, -0.1) is 0 Å². The molecule has 9 rings (SSSR count). The fraction of sp³-hybridized carbons (Fsp3) is 0.545. The number of anilines is 4. The molecular formula is C33H47N16O23P4S+. The molecule has 0 aliphatic carbocycles. The van der Waals surface area contributed by atoms with E-state index in [9.17, 15) is 58.2 Å². The summed E-state index contributed by atoms with van der Waals surface area (Å²) in [5.41, 5.74) is 21.6. The van der Waals surface area contributed by atoms with Crippen LogP contribution in [0.2, 0.25) is 0 Å². The molecule has 422 valence electrons. The molecule has 6 aromatic heterocycles. The number of hydrogen-bond donors (Lipinski definition) is 13. The van der Waals surface area contributed by atoms with Crippen LogP contribution in [0.5, 0.6) is 0 Å². The van der Waals surface area contributed by atoms with Crippen molar-refractivity contribution >= 4 is 99.1 Å². The first-order chi connectivity index (χ1) is 36.1. The van der Waals surface area contributed by atoms with Crippen molar-refractivity contribution in [1.29, 1.82) is 0 Å². The number of ether oxygens (including phenoxy) is 5. The number of methoxy groups -OCH3 is 2. The number of aliphatic hydroxyl groups is 3. The Morgan fingerprint density at radius 3 is 1.90 bits per heavy atom. The van der Waals surface area contributed by atoms with Crippen LogP contribution >= 0.6 is 30.2 Å². The van der Waals surface area contributed by atoms with Crippen molar-refractivity contribution in [2.24, 2.45) is 7.05 Å². The van der Waals surface area contributed by atoms with Crippen LogP contribution in [-0.4, -0.2) is 177 Å². The first-order valence-corrected chi connectivity index (χ1v) is 28.8. The zero-order valence-electron chi connectivity index (χ0n) is 39.4. The van der Waals surface area contributed by atoms with Crippen molar-refractivity contribution in [1.82, 2.24) is 53.6 Å². The Kier molecular flexibility index (Phi) is 15.7. The summed E-state index contributed by atoms with van der Waals surface area (Å²) in [4.78, 5) is 96.8. The molecule has 6 aromatic rings. The van der Waals surface area contributed by atoms with E-state index in [1.807, 2.05) is 0 Å². The fourth-order valence-electron chi connectivity index (χ4n) is 8.65. The maximum atomic E-state index is 13.3. The molecule has 0 amide bonds. The largest absolute Gasteiger partial charge is 0.490 e. The molecule has 0 bridgehead atoms. The molecule has 0 radical (unpaired) electrons. The molecule has 16 atom stereocenters. The monoisotopic (exact) mass is 1190 g/mol. The number of aromatic amines is 2. The van der Waals surface area contributed by atoms with Gasteiger partial charge in [-0.05, 0) is 11.8 Å². The predicted molar refractivity (Wildman–Crippen MR) is 255 cm³/mol. The van der Waals surface area contributed by atoms with E-state index in [1.165, 1.54) is 27.1 Å². The molecule has 0 aromatic carbocycles. The van der Waals surface area contributed by atoms with E-state index < -0.39 is 135 Å². The Morgan fingerprint density at radius 2 is 1.25 bits per heavy atom. The van der Waals surface area contributed by atoms with Gasteiger partial charge in [0, 0.05) is 14.2 Å². The molecular weight excluding hydrogens is 1140 g/mol. The van der Waals surface area contributed by atoms with Crippen molar-refractivity contribution in [3.63, 3.8) is 0 Å². The van der Waals surface area contributed by atoms with Crippen molar-refractivity contribution < 1.29 is 104 Å². The number of aromatic nitrogens is 12. The standard InChI is InChI=1S/C33H46N16O23P4S/c1-46-9-49(25-15(46)27(54)45-33(37)43-25)29-18(52)19(62-2)11(68-29)5-64-73(55,56)71-75(59,60)72-74(57,58)65-6-12-20(21(63-3)30(69-12)48-7-38-13-22(34)40-31(35)41-23(13)48)70-76(61,77)66-4-10-16(50)17(51)28(67-10)47-8-39-14-24(47)42-32(36)44-26(14)53/h7-12,16-21,28-30,50-52H,4-6H2,1-3H3,(H13-,34,35,36,37,40,41,42,43,44,45,53,54,55,56,57,58,59,60,61,77)/p+1/t10-,11-,12-,16+,17?,18?,19+,20+,21?,28-,29-,30-,76?/m1/s1. The van der Waals surface area contributed by atoms with Gasteiger partial charge in [0.05, 0.1) is 39.5 Å². The number of H-pyrrole nitrogens is 2. The van der Waals surface area contributed by atoms with Gasteiger partial charge in [-0.2, -0.15) is 23.6 Å². The highest BCUT2D eigenvalue weighted by Crippen LogP contribution is 2.68. The highest BCUT2D eigenvalue weighted by Gasteiger charge is 2.53. The van der Waals surface area contributed by atoms with Crippen LogP contribution in [0.4, 0.5) is 23.7 Å². The van der Waals surface area contributed by atoms with Crippen LogP contribution in [0.1, 0.15) is 18.7 Å². The van der Waals surface area contributed by atoms with Gasteiger partial charge in [0.1, 0.15) is 60.5 Å². The van der Waals surface area contributed by atoms with E-state index in [2.05, 4.69) is 48.5 Å². The van der Waals surface area contributed by atoms with Gasteiger partial charge in [0.2, 0.25) is 23.6 Å². The summed E-state index contributed by atoms with van der Waals surface area (Å²) in [5.74, 6) is -1.03. The number of imidazole rings is 3. The molecule has 7 unspecified atom stereocenters. The van der Waals surface area contributed by atoms with Crippen LogP contribution in [0.15, 0.2) is 28.6 Å². The molecule has 3 saturated heterocycles. The average Bonchev–Trinajstić information content (AvgIpc) is 4.18. The van der Waals surface area contributed by atoms with Crippen LogP contribution in [0, 0.1) is 0 Å². The number of rotatable bonds is 20. The number of nitrogens with zero attached hydrogens (tertiary/aromatic N) is 10. The molecule has 0 spiro atoms. The quantitative estimate of drug-likeness (QED) is 0.0254. The normalized spacial score (nSPS) is 30.0. The van der Waals surface area contributed by atoms with E-state index in [0.29, 0.717) is 0 Å². The second kappa shape index (κ2) is 21.3. The van der Waals surface area contributed by atoms with Crippen LogP contribution < -0.4 is 38.6 Å². The topological polar surface area (TPSA) is 560 Å². The predicted octanol–water partition coefficient (Wildman–Crippen LogP) is -4.36. The maximum Gasteiger partial charge on any atom is 0.490 e. The van der Waals surface area contributed by atoms with Gasteiger partial charge in [-0.3, -0.25) is 46.8 Å². The molecule has 3 aliphatic rings. The van der Waals surface area contributed by atoms with E-state index in [1.54, 1.807) is 0 Å². The molecule has 3 aliphatic heterocycles. The lowest BCUT2D eigenvalue weighted by Gasteiger charge is -2.28. The molecule has 3 fully saturated rings. The van der Waals surface area contributed by atoms with Gasteiger partial charge >= 0.3 is 35.8 Å². The third kappa shape index (κ3) is 11.5. The second-order valence-electron chi connectivity index (χ2n) is 16.9. The minimum atomic E-state index is -6.16. The lowest BCUT2D eigenvalue weighted by atomic mass is 10.1. The summed E-state index contributed by atoms with van der Waals surface area (Å²) < 4.78 is 103. The van der Waals surface area contributed by atoms with Crippen LogP contribution in [0.25, 0.3) is 33.5 Å². The molecule has 0 saturated carbocycles. The zero-order valence-corrected chi connectivity index (χ0v) is 43.8. The summed E-state index contributed by atoms with van der Waals surface area (Å²) in [7, 11) is -14.1. The average molecular weight is 1190 g/mol. The van der Waals surface area contributed by atoms with Gasteiger partial charge in [0.15, 0.2) is 41.4 Å². The summed E-state index contributed by atoms with van der Waals surface area (Å²) in [5, 5.41) is 33.0. The highest BCUT2D eigenvalue weighted by atomic mass is 32.5. The van der Waals surface area contributed by atoms with Crippen LogP contribution in [-0.2, 0) is 83.0 Å². The second-order valence-corrected chi connectivity index (χ2v) is 24.3. The van der Waals surface area contributed by atoms with E-state index in [-0.39, 0.29) is 57.2 Å². The number of fused-ring (bicyclic) bond motifs is 3. The highest BCUT2D eigenvalue weighted by molar-refractivity contribution is 8.07. The Labute approximate surface area is 432 Å². The van der Waals surface area contributed by atoms with E-state index in [0.717, 1.165) is 31.4 Å². The Hall–Kier alpha value is -4.93. The molecule has 39 nitrogen and oxygen atoms in total. The Bertz CT molecular complexity index is 3550. The zero-order chi connectivity index (χ0) is 55.8. The van der Waals surface area contributed by atoms with Crippen molar-refractivity contribution in [3.05, 3.63) is 39.7 Å². The van der Waals surface area contributed by atoms with E-state index in [4.69, 9.17) is 76.5 Å². The van der Waals surface area contributed by atoms with Crippen molar-refractivity contribution in [2.75, 3.05) is 57.0 Å². The summed E-state index contributed by atoms with van der Waals surface area (Å²) in [6.07, 6.45) is -14.8. The first kappa shape index (κ1) is 56.8. The van der Waals surface area contributed by atoms with Gasteiger partial charge in [-0.25, -0.2) is 28.2 Å². The van der Waals surface area contributed by atoms with Crippen LogP contribution in [0.3, 0.4) is 0 Å². The van der Waals surface area contributed by atoms with Crippen molar-refractivity contribution in [3.8, 4) is 0 Å². The minimum Gasteiger partial charge on any atom is -0.387 e. The smallest absolute Gasteiger partial charge is 0.387 e. The third-order valence-corrected chi connectivity index (χ3v) is 17.7. The number of nitrogens with two attached hydrogens (primary N) is 4. The maximum absolute atomic E-state index is 13.3. The lowest BCUT2D eigenvalue weighted by molar-refractivity contribution is -0.745. The molecule has 9 heterocycles. The number of aryl methyl sites for hydroxylation is 1. The molecule has 17 N–H and O–H groups in total. The number of phosphoric acid groups is 3. The number of aliphatic hydroxyl groups excluding tert-OH is 3. The number of phosphoric ester groups is 2. The minimum absolute atomic E-state index is 0.0197. The summed E-state index contributed by atoms with van der Waals surface area (Å²) in [6.45, 7) is -7.61. The first-order valence-electron chi connectivity index (χ1n) is 21.8. The summed E-state index contributed by atoms with van der Waals surface area (Å²) in [6, 6.07) is 0. The number of nitrogens with one attached hydrogen (secondary N) is 2. The number of hydrogen-bond acceptors (Lipinski definition) is 30.